The molecule has 0 atom stereocenters. The first kappa shape index (κ1) is 22.0. The second-order valence-corrected chi connectivity index (χ2v) is 7.75. The fraction of sp³-hybridized carbons (Fsp3) is 0.0769. The average molecular weight is 469 g/mol. The second-order valence-electron chi connectivity index (χ2n) is 7.75. The van der Waals surface area contributed by atoms with Crippen molar-refractivity contribution in [1.82, 2.24) is 19.7 Å². The van der Waals surface area contributed by atoms with Crippen LogP contribution in [-0.4, -0.2) is 32.7 Å². The molecule has 174 valence electrons. The minimum atomic E-state index is -0.371. The van der Waals surface area contributed by atoms with E-state index >= 15 is 0 Å². The molecule has 0 spiro atoms. The Morgan fingerprint density at radius 1 is 1.09 bits per heavy atom. The smallest absolute Gasteiger partial charge is 0.278 e. The van der Waals surface area contributed by atoms with E-state index in [4.69, 9.17) is 9.26 Å². The molecule has 9 heteroatoms. The normalized spacial score (nSPS) is 10.8. The number of amides is 1. The predicted octanol–water partition coefficient (Wildman–Crippen LogP) is 5.05. The van der Waals surface area contributed by atoms with Gasteiger partial charge in [0.2, 0.25) is 5.82 Å². The fourth-order valence-corrected chi connectivity index (χ4v) is 3.50. The fourth-order valence-electron chi connectivity index (χ4n) is 3.50. The number of ether oxygens (including phenoxy) is 1. The van der Waals surface area contributed by atoms with E-state index in [0.29, 0.717) is 40.6 Å². The molecule has 0 fully saturated rings. The Balaban J connectivity index is 1.23. The number of anilines is 1. The molecule has 2 heterocycles. The third-order valence-corrected chi connectivity index (χ3v) is 5.27. The Labute approximate surface area is 200 Å². The van der Waals surface area contributed by atoms with Crippen molar-refractivity contribution < 1.29 is 18.4 Å². The van der Waals surface area contributed by atoms with E-state index in [2.05, 4.69) is 20.4 Å². The SMILES string of the molecule is COc1cccc(C(=O)Nc2ccc(Cn3cnc(-c4nc(-c5cccc(F)c5)no4)c3)cc2)c1. The third-order valence-electron chi connectivity index (χ3n) is 5.27. The molecule has 35 heavy (non-hydrogen) atoms. The van der Waals surface area contributed by atoms with Crippen LogP contribution in [0.15, 0.2) is 89.8 Å². The number of nitrogens with one attached hydrogen (secondary N) is 1. The van der Waals surface area contributed by atoms with Crippen LogP contribution in [-0.2, 0) is 6.54 Å². The molecular weight excluding hydrogens is 449 g/mol. The molecule has 1 amide bonds. The lowest BCUT2D eigenvalue weighted by Gasteiger charge is -2.08. The average Bonchev–Trinajstić information content (AvgIpc) is 3.55. The lowest BCUT2D eigenvalue weighted by atomic mass is 10.1. The maximum atomic E-state index is 13.5. The predicted molar refractivity (Wildman–Crippen MR) is 127 cm³/mol. The highest BCUT2D eigenvalue weighted by Gasteiger charge is 2.14. The Morgan fingerprint density at radius 2 is 1.91 bits per heavy atom. The Hall–Kier alpha value is -4.79. The van der Waals surface area contributed by atoms with E-state index in [0.717, 1.165) is 5.56 Å². The monoisotopic (exact) mass is 469 g/mol. The highest BCUT2D eigenvalue weighted by molar-refractivity contribution is 6.04. The van der Waals surface area contributed by atoms with E-state index in [-0.39, 0.29) is 17.6 Å². The Morgan fingerprint density at radius 3 is 2.71 bits per heavy atom. The summed E-state index contributed by atoms with van der Waals surface area (Å²) in [5.41, 5.74) is 3.25. The number of hydrogen-bond donors (Lipinski definition) is 1. The molecule has 1 N–H and O–H groups in total. The topological polar surface area (TPSA) is 95.1 Å². The quantitative estimate of drug-likeness (QED) is 0.359. The Kier molecular flexibility index (Phi) is 6.04. The molecule has 0 unspecified atom stereocenters. The summed E-state index contributed by atoms with van der Waals surface area (Å²) < 4.78 is 25.8. The van der Waals surface area contributed by atoms with Gasteiger partial charge in [-0.05, 0) is 48.0 Å². The van der Waals surface area contributed by atoms with Crippen LogP contribution in [0.4, 0.5) is 10.1 Å². The van der Waals surface area contributed by atoms with E-state index in [9.17, 15) is 9.18 Å². The van der Waals surface area contributed by atoms with Crippen LogP contribution >= 0.6 is 0 Å². The first-order valence-electron chi connectivity index (χ1n) is 10.7. The number of hydrogen-bond acceptors (Lipinski definition) is 6. The number of aromatic nitrogens is 4. The summed E-state index contributed by atoms with van der Waals surface area (Å²) in [4.78, 5) is 21.1. The van der Waals surface area contributed by atoms with E-state index in [1.807, 2.05) is 28.8 Å². The molecule has 0 aliphatic rings. The van der Waals surface area contributed by atoms with Gasteiger partial charge in [-0.15, -0.1) is 0 Å². The van der Waals surface area contributed by atoms with Gasteiger partial charge >= 0.3 is 0 Å². The molecule has 5 aromatic rings. The van der Waals surface area contributed by atoms with Crippen molar-refractivity contribution in [2.75, 3.05) is 12.4 Å². The van der Waals surface area contributed by atoms with Crippen molar-refractivity contribution in [2.45, 2.75) is 6.54 Å². The van der Waals surface area contributed by atoms with Crippen LogP contribution in [0.3, 0.4) is 0 Å². The van der Waals surface area contributed by atoms with Crippen molar-refractivity contribution in [3.63, 3.8) is 0 Å². The third kappa shape index (κ3) is 5.09. The number of carbonyl (C=O) groups excluding carboxylic acids is 1. The van der Waals surface area contributed by atoms with Gasteiger partial charge in [-0.2, -0.15) is 4.98 Å². The van der Waals surface area contributed by atoms with E-state index in [1.165, 1.54) is 12.1 Å². The summed E-state index contributed by atoms with van der Waals surface area (Å²) >= 11 is 0. The standard InChI is InChI=1S/C26H20FN5O3/c1-34-22-7-3-5-19(13-22)25(33)29-21-10-8-17(9-11-21)14-32-15-23(28-16-32)26-30-24(31-35-26)18-4-2-6-20(27)12-18/h2-13,15-16H,14H2,1H3,(H,29,33). The van der Waals surface area contributed by atoms with Crippen LogP contribution in [0.25, 0.3) is 23.0 Å². The van der Waals surface area contributed by atoms with Crippen molar-refractivity contribution >= 4 is 11.6 Å². The highest BCUT2D eigenvalue weighted by atomic mass is 19.1. The molecule has 2 aromatic heterocycles. The van der Waals surface area contributed by atoms with Crippen LogP contribution in [0.2, 0.25) is 0 Å². The zero-order valence-electron chi connectivity index (χ0n) is 18.7. The summed E-state index contributed by atoms with van der Waals surface area (Å²) in [7, 11) is 1.56. The van der Waals surface area contributed by atoms with Crippen molar-refractivity contribution in [2.24, 2.45) is 0 Å². The van der Waals surface area contributed by atoms with Gasteiger partial charge in [0.05, 0.1) is 13.4 Å². The zero-order valence-corrected chi connectivity index (χ0v) is 18.7. The first-order valence-corrected chi connectivity index (χ1v) is 10.7. The maximum absolute atomic E-state index is 13.5. The highest BCUT2D eigenvalue weighted by Crippen LogP contribution is 2.22. The molecule has 8 nitrogen and oxygen atoms in total. The molecule has 5 rings (SSSR count). The van der Waals surface area contributed by atoms with E-state index < -0.39 is 0 Å². The largest absolute Gasteiger partial charge is 0.497 e. The van der Waals surface area contributed by atoms with Gasteiger partial charge < -0.3 is 19.1 Å². The lowest BCUT2D eigenvalue weighted by molar-refractivity contribution is 0.102. The van der Waals surface area contributed by atoms with Gasteiger partial charge in [0.15, 0.2) is 0 Å². The number of carbonyl (C=O) groups is 1. The molecule has 0 radical (unpaired) electrons. The zero-order chi connectivity index (χ0) is 24.2. The van der Waals surface area contributed by atoms with Gasteiger partial charge in [-0.25, -0.2) is 9.37 Å². The van der Waals surface area contributed by atoms with Gasteiger partial charge in [-0.1, -0.05) is 35.5 Å². The summed E-state index contributed by atoms with van der Waals surface area (Å²) in [5, 5.41) is 6.80. The maximum Gasteiger partial charge on any atom is 0.278 e. The van der Waals surface area contributed by atoms with Crippen LogP contribution in [0.5, 0.6) is 5.75 Å². The number of nitrogens with zero attached hydrogens (tertiary/aromatic N) is 4. The number of methoxy groups -OCH3 is 1. The number of benzene rings is 3. The molecule has 0 aliphatic carbocycles. The summed E-state index contributed by atoms with van der Waals surface area (Å²) in [6.07, 6.45) is 3.46. The summed E-state index contributed by atoms with van der Waals surface area (Å²) in [6.45, 7) is 0.558. The molecule has 3 aromatic carbocycles. The minimum absolute atomic E-state index is 0.215. The van der Waals surface area contributed by atoms with Gasteiger partial charge in [-0.3, -0.25) is 4.79 Å². The molecule has 0 saturated heterocycles. The molecule has 0 saturated carbocycles. The van der Waals surface area contributed by atoms with Crippen molar-refractivity contribution in [3.8, 4) is 28.7 Å². The second kappa shape index (κ2) is 9.60. The molecule has 0 aliphatic heterocycles. The van der Waals surface area contributed by atoms with Gasteiger partial charge in [0.25, 0.3) is 11.8 Å². The number of imidazole rings is 1. The number of rotatable bonds is 7. The first-order chi connectivity index (χ1) is 17.1. The number of halogens is 1. The van der Waals surface area contributed by atoms with Crippen molar-refractivity contribution in [3.05, 3.63) is 102 Å². The van der Waals surface area contributed by atoms with Gasteiger partial charge in [0, 0.05) is 29.6 Å². The van der Waals surface area contributed by atoms with Crippen LogP contribution < -0.4 is 10.1 Å². The molecule has 0 bridgehead atoms. The minimum Gasteiger partial charge on any atom is -0.497 e. The van der Waals surface area contributed by atoms with Crippen LogP contribution in [0.1, 0.15) is 15.9 Å². The summed E-state index contributed by atoms with van der Waals surface area (Å²) in [6, 6.07) is 20.5. The Bertz CT molecular complexity index is 1480. The van der Waals surface area contributed by atoms with E-state index in [1.54, 1.807) is 56.0 Å². The van der Waals surface area contributed by atoms with Gasteiger partial charge in [0.1, 0.15) is 17.3 Å². The lowest BCUT2D eigenvalue weighted by Crippen LogP contribution is -2.11. The van der Waals surface area contributed by atoms with Crippen molar-refractivity contribution in [1.29, 1.82) is 0 Å². The summed E-state index contributed by atoms with van der Waals surface area (Å²) in [5.74, 6) is 0.578. The van der Waals surface area contributed by atoms with Crippen LogP contribution in [0, 0.1) is 5.82 Å². The molecular formula is C26H20FN5O3.